The zero-order valence-electron chi connectivity index (χ0n) is 13.5. The van der Waals surface area contributed by atoms with Gasteiger partial charge in [0.2, 0.25) is 0 Å². The molecule has 2 rings (SSSR count). The van der Waals surface area contributed by atoms with Gasteiger partial charge in [-0.1, -0.05) is 48.5 Å². The van der Waals surface area contributed by atoms with Gasteiger partial charge in [-0.2, -0.15) is 13.2 Å². The second-order valence-corrected chi connectivity index (χ2v) is 5.46. The molecule has 0 saturated carbocycles. The molecular weight excluding hydrogens is 351 g/mol. The number of benzene rings is 2. The van der Waals surface area contributed by atoms with Crippen LogP contribution in [0.1, 0.15) is 16.7 Å². The van der Waals surface area contributed by atoms with Crippen LogP contribution in [0.5, 0.6) is 0 Å². The number of carbonyl (C=O) groups is 2. The number of alkyl carbamates (subject to hydrolysis) is 1. The van der Waals surface area contributed by atoms with E-state index in [-0.39, 0.29) is 12.2 Å². The highest BCUT2D eigenvalue weighted by molar-refractivity contribution is 5.80. The fraction of sp³-hybridized carbons (Fsp3) is 0.222. The van der Waals surface area contributed by atoms with E-state index >= 15 is 0 Å². The van der Waals surface area contributed by atoms with Crippen LogP contribution in [0.15, 0.2) is 54.6 Å². The number of rotatable bonds is 6. The van der Waals surface area contributed by atoms with E-state index in [1.165, 1.54) is 18.2 Å². The van der Waals surface area contributed by atoms with Gasteiger partial charge in [0.15, 0.2) is 0 Å². The second kappa shape index (κ2) is 8.37. The Morgan fingerprint density at radius 3 is 2.27 bits per heavy atom. The molecule has 5 nitrogen and oxygen atoms in total. The van der Waals surface area contributed by atoms with E-state index in [1.54, 1.807) is 30.3 Å². The van der Waals surface area contributed by atoms with Crippen LogP contribution >= 0.6 is 0 Å². The van der Waals surface area contributed by atoms with E-state index in [0.717, 1.165) is 6.07 Å². The molecule has 2 N–H and O–H groups in total. The van der Waals surface area contributed by atoms with E-state index < -0.39 is 36.3 Å². The molecule has 0 aliphatic rings. The largest absolute Gasteiger partial charge is 0.480 e. The summed E-state index contributed by atoms with van der Waals surface area (Å²) in [6.07, 6.45) is -6.16. The van der Waals surface area contributed by atoms with Gasteiger partial charge in [-0.3, -0.25) is 0 Å². The molecular formula is C18H16F3NO4. The summed E-state index contributed by atoms with van der Waals surface area (Å²) in [5.74, 6) is -1.46. The quantitative estimate of drug-likeness (QED) is 0.818. The van der Waals surface area contributed by atoms with Crippen molar-refractivity contribution in [3.05, 3.63) is 71.3 Å². The van der Waals surface area contributed by atoms with E-state index in [4.69, 9.17) is 4.74 Å². The molecule has 8 heteroatoms. The minimum Gasteiger partial charge on any atom is -0.480 e. The minimum absolute atomic E-state index is 0.0852. The maximum absolute atomic E-state index is 13.0. The predicted octanol–water partition coefficient (Wildman–Crippen LogP) is 3.63. The normalized spacial score (nSPS) is 12.3. The number of ether oxygens (including phenoxy) is 1. The Labute approximate surface area is 147 Å². The molecule has 0 heterocycles. The lowest BCUT2D eigenvalue weighted by Crippen LogP contribution is -2.42. The molecule has 0 aliphatic heterocycles. The van der Waals surface area contributed by atoms with Crippen LogP contribution in [0.25, 0.3) is 0 Å². The van der Waals surface area contributed by atoms with E-state index in [0.29, 0.717) is 5.56 Å². The van der Waals surface area contributed by atoms with Crippen LogP contribution in [-0.2, 0) is 28.7 Å². The third-order valence-electron chi connectivity index (χ3n) is 3.55. The van der Waals surface area contributed by atoms with E-state index in [2.05, 4.69) is 5.32 Å². The SMILES string of the molecule is O=C(N[C@@H](Cc1ccccc1C(F)(F)F)C(=O)O)OCc1ccccc1. The first-order valence-electron chi connectivity index (χ1n) is 7.62. The standard InChI is InChI=1S/C18H16F3NO4/c19-18(20,21)14-9-5-4-8-13(14)10-15(16(23)24)22-17(25)26-11-12-6-2-1-3-7-12/h1-9,15H,10-11H2,(H,22,25)(H,23,24)/t15-/m0/s1. The van der Waals surface area contributed by atoms with Gasteiger partial charge >= 0.3 is 18.2 Å². The van der Waals surface area contributed by atoms with Gasteiger partial charge in [-0.15, -0.1) is 0 Å². The number of carbonyl (C=O) groups excluding carboxylic acids is 1. The Hall–Kier alpha value is -3.03. The van der Waals surface area contributed by atoms with Crippen molar-refractivity contribution in [3.63, 3.8) is 0 Å². The topological polar surface area (TPSA) is 75.6 Å². The number of amides is 1. The number of halogens is 3. The molecule has 0 aromatic heterocycles. The van der Waals surface area contributed by atoms with Gasteiger partial charge in [-0.05, 0) is 17.2 Å². The van der Waals surface area contributed by atoms with Crippen molar-refractivity contribution in [2.75, 3.05) is 0 Å². The van der Waals surface area contributed by atoms with Gasteiger partial charge in [0.1, 0.15) is 12.6 Å². The van der Waals surface area contributed by atoms with Gasteiger partial charge < -0.3 is 15.2 Å². The first-order chi connectivity index (χ1) is 12.3. The summed E-state index contributed by atoms with van der Waals surface area (Å²) in [5.41, 5.74) is -0.474. The number of carboxylic acid groups (broad SMARTS) is 1. The van der Waals surface area contributed by atoms with Crippen molar-refractivity contribution in [1.29, 1.82) is 0 Å². The Balaban J connectivity index is 2.03. The van der Waals surface area contributed by atoms with Crippen LogP contribution in [0, 0.1) is 0 Å². The van der Waals surface area contributed by atoms with Crippen molar-refractivity contribution in [2.24, 2.45) is 0 Å². The van der Waals surface area contributed by atoms with Crippen molar-refractivity contribution in [1.82, 2.24) is 5.32 Å². The Morgan fingerprint density at radius 2 is 1.65 bits per heavy atom. The Morgan fingerprint density at radius 1 is 1.04 bits per heavy atom. The summed E-state index contributed by atoms with van der Waals surface area (Å²) in [7, 11) is 0. The molecule has 0 unspecified atom stereocenters. The van der Waals surface area contributed by atoms with Gasteiger partial charge in [0.25, 0.3) is 0 Å². The first-order valence-corrected chi connectivity index (χ1v) is 7.62. The summed E-state index contributed by atoms with van der Waals surface area (Å²) in [6, 6.07) is 11.8. The number of aliphatic carboxylic acids is 1. The maximum Gasteiger partial charge on any atom is 0.416 e. The van der Waals surface area contributed by atoms with Gasteiger partial charge in [-0.25, -0.2) is 9.59 Å². The second-order valence-electron chi connectivity index (χ2n) is 5.46. The average Bonchev–Trinajstić information content (AvgIpc) is 2.60. The molecule has 0 radical (unpaired) electrons. The summed E-state index contributed by atoms with van der Waals surface area (Å²) >= 11 is 0. The Kier molecular flexibility index (Phi) is 6.21. The molecule has 1 atom stereocenters. The van der Waals surface area contributed by atoms with Crippen LogP contribution in [0.4, 0.5) is 18.0 Å². The fourth-order valence-corrected chi connectivity index (χ4v) is 2.30. The van der Waals surface area contributed by atoms with Gasteiger partial charge in [0.05, 0.1) is 5.56 Å². The zero-order chi connectivity index (χ0) is 19.2. The van der Waals surface area contributed by atoms with E-state index in [1.807, 2.05) is 0 Å². The summed E-state index contributed by atoms with van der Waals surface area (Å²) in [4.78, 5) is 23.1. The molecule has 0 saturated heterocycles. The lowest BCUT2D eigenvalue weighted by molar-refractivity contribution is -0.141. The minimum atomic E-state index is -4.62. The highest BCUT2D eigenvalue weighted by Gasteiger charge is 2.34. The summed E-state index contributed by atoms with van der Waals surface area (Å²) in [6.45, 7) is -0.0852. The number of nitrogens with one attached hydrogen (secondary N) is 1. The van der Waals surface area contributed by atoms with Crippen molar-refractivity contribution >= 4 is 12.1 Å². The summed E-state index contributed by atoms with van der Waals surface area (Å²) < 4.78 is 43.9. The molecule has 1 amide bonds. The molecule has 2 aromatic rings. The number of carboxylic acids is 1. The van der Waals surface area contributed by atoms with Crippen LogP contribution in [0.2, 0.25) is 0 Å². The zero-order valence-corrected chi connectivity index (χ0v) is 13.5. The van der Waals surface area contributed by atoms with Crippen LogP contribution in [-0.4, -0.2) is 23.2 Å². The molecule has 0 spiro atoms. The van der Waals surface area contributed by atoms with Crippen LogP contribution < -0.4 is 5.32 Å². The smallest absolute Gasteiger partial charge is 0.416 e. The number of hydrogen-bond donors (Lipinski definition) is 2. The lowest BCUT2D eigenvalue weighted by atomic mass is 10.00. The fourth-order valence-electron chi connectivity index (χ4n) is 2.30. The highest BCUT2D eigenvalue weighted by Crippen LogP contribution is 2.32. The van der Waals surface area contributed by atoms with Crippen molar-refractivity contribution in [2.45, 2.75) is 25.2 Å². The molecule has 0 aliphatic carbocycles. The lowest BCUT2D eigenvalue weighted by Gasteiger charge is -2.18. The molecule has 0 bridgehead atoms. The molecule has 2 aromatic carbocycles. The highest BCUT2D eigenvalue weighted by atomic mass is 19.4. The molecule has 138 valence electrons. The third-order valence-corrected chi connectivity index (χ3v) is 3.55. The monoisotopic (exact) mass is 367 g/mol. The summed E-state index contributed by atoms with van der Waals surface area (Å²) in [5, 5.41) is 11.3. The van der Waals surface area contributed by atoms with Crippen LogP contribution in [0.3, 0.4) is 0 Å². The van der Waals surface area contributed by atoms with Crippen molar-refractivity contribution < 1.29 is 32.6 Å². The van der Waals surface area contributed by atoms with E-state index in [9.17, 15) is 27.9 Å². The average molecular weight is 367 g/mol. The first kappa shape index (κ1) is 19.3. The molecule has 0 fully saturated rings. The molecule has 26 heavy (non-hydrogen) atoms. The third kappa shape index (κ3) is 5.51. The number of hydrogen-bond acceptors (Lipinski definition) is 3. The maximum atomic E-state index is 13.0. The predicted molar refractivity (Wildman–Crippen MR) is 86.3 cm³/mol. The van der Waals surface area contributed by atoms with Crippen molar-refractivity contribution in [3.8, 4) is 0 Å². The van der Waals surface area contributed by atoms with Gasteiger partial charge in [0, 0.05) is 6.42 Å². The Bertz CT molecular complexity index is 763. The number of alkyl halides is 3.